The van der Waals surface area contributed by atoms with Gasteiger partial charge in [0, 0.05) is 5.56 Å². The Hall–Kier alpha value is -1.76. The Balaban J connectivity index is 2.33. The third-order valence-electron chi connectivity index (χ3n) is 3.08. The second kappa shape index (κ2) is 3.13. The van der Waals surface area contributed by atoms with Crippen LogP contribution >= 0.6 is 0 Å². The quantitative estimate of drug-likeness (QED) is 0.686. The van der Waals surface area contributed by atoms with Crippen molar-refractivity contribution in [2.75, 3.05) is 0 Å². The highest BCUT2D eigenvalue weighted by Gasteiger charge is 2.17. The Bertz CT molecular complexity index is 514. The van der Waals surface area contributed by atoms with Crippen molar-refractivity contribution in [2.45, 2.75) is 12.8 Å². The highest BCUT2D eigenvalue weighted by Crippen LogP contribution is 2.38. The van der Waals surface area contributed by atoms with Gasteiger partial charge in [-0.3, -0.25) is 0 Å². The number of benzene rings is 2. The summed E-state index contributed by atoms with van der Waals surface area (Å²) in [4.78, 5) is 0. The third-order valence-corrected chi connectivity index (χ3v) is 3.08. The van der Waals surface area contributed by atoms with Crippen molar-refractivity contribution in [1.29, 1.82) is 0 Å². The lowest BCUT2D eigenvalue weighted by Gasteiger charge is -2.20. The van der Waals surface area contributed by atoms with E-state index in [-0.39, 0.29) is 0 Å². The fourth-order valence-electron chi connectivity index (χ4n) is 2.36. The summed E-state index contributed by atoms with van der Waals surface area (Å²) in [5, 5.41) is 9.90. The molecule has 0 amide bonds. The molecule has 1 aliphatic carbocycles. The van der Waals surface area contributed by atoms with Crippen molar-refractivity contribution in [3.05, 3.63) is 53.6 Å². The molecule has 0 heterocycles. The average molecular weight is 196 g/mol. The molecule has 0 spiro atoms. The van der Waals surface area contributed by atoms with Crippen molar-refractivity contribution in [2.24, 2.45) is 0 Å². The summed E-state index contributed by atoms with van der Waals surface area (Å²) in [7, 11) is 0. The average Bonchev–Trinajstić information content (AvgIpc) is 2.29. The van der Waals surface area contributed by atoms with E-state index in [0.29, 0.717) is 5.75 Å². The SMILES string of the molecule is Oc1cccc2c1-c1ccccc1CC2. The Kier molecular flexibility index (Phi) is 1.78. The predicted octanol–water partition coefficient (Wildman–Crippen LogP) is 3.16. The first-order valence-electron chi connectivity index (χ1n) is 5.25. The molecule has 3 rings (SSSR count). The van der Waals surface area contributed by atoms with E-state index in [1.807, 2.05) is 12.1 Å². The summed E-state index contributed by atoms with van der Waals surface area (Å²) >= 11 is 0. The topological polar surface area (TPSA) is 20.2 Å². The van der Waals surface area contributed by atoms with Gasteiger partial charge in [-0.1, -0.05) is 36.4 Å². The number of hydrogen-bond donors (Lipinski definition) is 1. The number of aryl methyl sites for hydroxylation is 2. The molecule has 0 aromatic heterocycles. The Morgan fingerprint density at radius 3 is 2.47 bits per heavy atom. The van der Waals surface area contributed by atoms with Gasteiger partial charge in [-0.05, 0) is 35.6 Å². The maximum Gasteiger partial charge on any atom is 0.123 e. The number of aromatic hydroxyl groups is 1. The van der Waals surface area contributed by atoms with Crippen LogP contribution in [0.2, 0.25) is 0 Å². The second-order valence-corrected chi connectivity index (χ2v) is 3.97. The monoisotopic (exact) mass is 196 g/mol. The molecule has 0 radical (unpaired) electrons. The highest BCUT2D eigenvalue weighted by atomic mass is 16.3. The number of hydrogen-bond acceptors (Lipinski definition) is 1. The zero-order chi connectivity index (χ0) is 10.3. The van der Waals surface area contributed by atoms with Crippen LogP contribution in [0.1, 0.15) is 11.1 Å². The number of phenols is 1. The number of phenolic OH excluding ortho intramolecular Hbond substituents is 1. The van der Waals surface area contributed by atoms with Crippen LogP contribution in [0.25, 0.3) is 11.1 Å². The minimum absolute atomic E-state index is 0.402. The van der Waals surface area contributed by atoms with E-state index >= 15 is 0 Å². The van der Waals surface area contributed by atoms with Crippen molar-refractivity contribution < 1.29 is 5.11 Å². The van der Waals surface area contributed by atoms with Crippen LogP contribution in [0.5, 0.6) is 5.75 Å². The second-order valence-electron chi connectivity index (χ2n) is 3.97. The van der Waals surface area contributed by atoms with Gasteiger partial charge < -0.3 is 5.11 Å². The maximum atomic E-state index is 9.90. The van der Waals surface area contributed by atoms with Crippen LogP contribution < -0.4 is 0 Å². The molecular formula is C14H12O. The molecule has 1 nitrogen and oxygen atoms in total. The van der Waals surface area contributed by atoms with Crippen LogP contribution in [0.4, 0.5) is 0 Å². The van der Waals surface area contributed by atoms with Gasteiger partial charge in [0.2, 0.25) is 0 Å². The molecule has 0 aliphatic heterocycles. The molecule has 0 unspecified atom stereocenters. The largest absolute Gasteiger partial charge is 0.507 e. The molecule has 0 atom stereocenters. The van der Waals surface area contributed by atoms with Gasteiger partial charge in [0.25, 0.3) is 0 Å². The van der Waals surface area contributed by atoms with E-state index in [0.717, 1.165) is 18.4 Å². The van der Waals surface area contributed by atoms with E-state index < -0.39 is 0 Å². The summed E-state index contributed by atoms with van der Waals surface area (Å²) in [6.45, 7) is 0. The molecule has 0 fully saturated rings. The highest BCUT2D eigenvalue weighted by molar-refractivity contribution is 5.78. The summed E-state index contributed by atoms with van der Waals surface area (Å²) in [5.74, 6) is 0.402. The lowest BCUT2D eigenvalue weighted by molar-refractivity contribution is 0.476. The van der Waals surface area contributed by atoms with Crippen LogP contribution in [0.15, 0.2) is 42.5 Å². The van der Waals surface area contributed by atoms with E-state index in [1.54, 1.807) is 6.07 Å². The normalized spacial score (nSPS) is 13.1. The molecule has 15 heavy (non-hydrogen) atoms. The number of fused-ring (bicyclic) bond motifs is 3. The van der Waals surface area contributed by atoms with Gasteiger partial charge >= 0.3 is 0 Å². The molecule has 0 saturated carbocycles. The van der Waals surface area contributed by atoms with Crippen LogP contribution in [-0.4, -0.2) is 5.11 Å². The van der Waals surface area contributed by atoms with Gasteiger partial charge in [0.1, 0.15) is 5.75 Å². The maximum absolute atomic E-state index is 9.90. The number of rotatable bonds is 0. The zero-order valence-electron chi connectivity index (χ0n) is 8.40. The molecule has 74 valence electrons. The smallest absolute Gasteiger partial charge is 0.123 e. The first-order valence-corrected chi connectivity index (χ1v) is 5.25. The van der Waals surface area contributed by atoms with Crippen LogP contribution in [0, 0.1) is 0 Å². The van der Waals surface area contributed by atoms with Crippen molar-refractivity contribution in [3.63, 3.8) is 0 Å². The van der Waals surface area contributed by atoms with E-state index in [9.17, 15) is 5.11 Å². The lowest BCUT2D eigenvalue weighted by atomic mass is 9.85. The first kappa shape index (κ1) is 8.54. The molecule has 2 aromatic carbocycles. The summed E-state index contributed by atoms with van der Waals surface area (Å²) in [6.07, 6.45) is 2.10. The van der Waals surface area contributed by atoms with Gasteiger partial charge in [0.05, 0.1) is 0 Å². The summed E-state index contributed by atoms with van der Waals surface area (Å²) in [5.41, 5.74) is 4.82. The van der Waals surface area contributed by atoms with Crippen LogP contribution in [0.3, 0.4) is 0 Å². The molecule has 1 aliphatic rings. The molecule has 0 bridgehead atoms. The summed E-state index contributed by atoms with van der Waals surface area (Å²) in [6, 6.07) is 14.1. The van der Waals surface area contributed by atoms with E-state index in [1.165, 1.54) is 16.7 Å². The predicted molar refractivity (Wildman–Crippen MR) is 61.0 cm³/mol. The molecule has 2 aromatic rings. The first-order chi connectivity index (χ1) is 7.36. The van der Waals surface area contributed by atoms with E-state index in [4.69, 9.17) is 0 Å². The van der Waals surface area contributed by atoms with Gasteiger partial charge in [-0.15, -0.1) is 0 Å². The Morgan fingerprint density at radius 2 is 1.53 bits per heavy atom. The van der Waals surface area contributed by atoms with Gasteiger partial charge in [-0.25, -0.2) is 0 Å². The lowest BCUT2D eigenvalue weighted by Crippen LogP contribution is -2.03. The minimum atomic E-state index is 0.402. The van der Waals surface area contributed by atoms with Crippen LogP contribution in [-0.2, 0) is 12.8 Å². The summed E-state index contributed by atoms with van der Waals surface area (Å²) < 4.78 is 0. The third kappa shape index (κ3) is 1.23. The van der Waals surface area contributed by atoms with E-state index in [2.05, 4.69) is 24.3 Å². The zero-order valence-corrected chi connectivity index (χ0v) is 8.40. The minimum Gasteiger partial charge on any atom is -0.507 e. The van der Waals surface area contributed by atoms with Crippen molar-refractivity contribution in [1.82, 2.24) is 0 Å². The Morgan fingerprint density at radius 1 is 0.800 bits per heavy atom. The molecular weight excluding hydrogens is 184 g/mol. The molecule has 0 saturated heterocycles. The molecule has 1 N–H and O–H groups in total. The fourth-order valence-corrected chi connectivity index (χ4v) is 2.36. The fraction of sp³-hybridized carbons (Fsp3) is 0.143. The van der Waals surface area contributed by atoms with Crippen molar-refractivity contribution in [3.8, 4) is 16.9 Å². The Labute approximate surface area is 89.0 Å². The van der Waals surface area contributed by atoms with Gasteiger partial charge in [-0.2, -0.15) is 0 Å². The molecule has 1 heteroatoms. The van der Waals surface area contributed by atoms with Gasteiger partial charge in [0.15, 0.2) is 0 Å². The standard InChI is InChI=1S/C14H12O/c15-13-7-3-5-11-9-8-10-4-1-2-6-12(10)14(11)13/h1-7,15H,8-9H2. The van der Waals surface area contributed by atoms with Crippen molar-refractivity contribution >= 4 is 0 Å².